The Morgan fingerprint density at radius 1 is 1.29 bits per heavy atom. The van der Waals surface area contributed by atoms with Gasteiger partial charge >= 0.3 is 5.97 Å². The van der Waals surface area contributed by atoms with Crippen molar-refractivity contribution in [1.29, 1.82) is 0 Å². The molecule has 0 spiro atoms. The second-order valence-electron chi connectivity index (χ2n) is 2.58. The van der Waals surface area contributed by atoms with Crippen LogP contribution in [0.25, 0.3) is 0 Å². The summed E-state index contributed by atoms with van der Waals surface area (Å²) in [7, 11) is 0. The Labute approximate surface area is 85.0 Å². The lowest BCUT2D eigenvalue weighted by molar-refractivity contribution is -0.140. The Kier molecular flexibility index (Phi) is 10.5. The average Bonchev–Trinajstić information content (AvgIpc) is 2.06. The molecule has 1 aromatic carbocycles. The Hall–Kier alpha value is -1.35. The fourth-order valence-electron chi connectivity index (χ4n) is 0.738. The maximum atomic E-state index is 9.82. The highest BCUT2D eigenvalue weighted by molar-refractivity contribution is 5.65. The predicted molar refractivity (Wildman–Crippen MR) is 57.1 cm³/mol. The Balaban J connectivity index is 0. The zero-order valence-corrected chi connectivity index (χ0v) is 8.91. The van der Waals surface area contributed by atoms with E-state index in [4.69, 9.17) is 0 Å². The van der Waals surface area contributed by atoms with E-state index < -0.39 is 0 Å². The molecule has 3 heteroatoms. The summed E-state index contributed by atoms with van der Waals surface area (Å²) in [5.74, 6) is -0.211. The largest absolute Gasteiger partial charge is 0.466 e. The van der Waals surface area contributed by atoms with Crippen LogP contribution in [-0.2, 0) is 9.53 Å². The molecule has 0 aliphatic rings. The number of carbonyl (C=O) groups is 1. The number of hydrogen-bond acceptors (Lipinski definition) is 2. The summed E-state index contributed by atoms with van der Waals surface area (Å²) >= 11 is 0. The van der Waals surface area contributed by atoms with Gasteiger partial charge in [-0.2, -0.15) is 0 Å². The highest BCUT2D eigenvalue weighted by Gasteiger charge is 1.81. The summed E-state index contributed by atoms with van der Waals surface area (Å²) in [6.07, 6.45) is 0. The molecule has 0 fully saturated rings. The van der Waals surface area contributed by atoms with Gasteiger partial charge in [0.1, 0.15) is 0 Å². The molecule has 0 aromatic heterocycles. The van der Waals surface area contributed by atoms with Crippen molar-refractivity contribution in [3.8, 4) is 0 Å². The lowest BCUT2D eigenvalue weighted by Crippen LogP contribution is -1.95. The molecule has 0 heterocycles. The molecule has 80 valence electrons. The van der Waals surface area contributed by atoms with Crippen LogP contribution in [0.2, 0.25) is 0 Å². The monoisotopic (exact) mass is 198 g/mol. The second kappa shape index (κ2) is 9.74. The molecular formula is C11H18O3. The normalized spacial score (nSPS) is 7.64. The molecule has 2 N–H and O–H groups in total. The van der Waals surface area contributed by atoms with Crippen LogP contribution in [0, 0.1) is 6.92 Å². The Morgan fingerprint density at radius 2 is 1.79 bits per heavy atom. The average molecular weight is 198 g/mol. The van der Waals surface area contributed by atoms with Gasteiger partial charge in [-0.15, -0.1) is 0 Å². The molecule has 14 heavy (non-hydrogen) atoms. The first-order valence-electron chi connectivity index (χ1n) is 4.31. The first kappa shape index (κ1) is 15.1. The quantitative estimate of drug-likeness (QED) is 0.645. The van der Waals surface area contributed by atoms with Gasteiger partial charge in [0.15, 0.2) is 0 Å². The van der Waals surface area contributed by atoms with Crippen molar-refractivity contribution in [2.24, 2.45) is 0 Å². The first-order valence-corrected chi connectivity index (χ1v) is 4.31. The van der Waals surface area contributed by atoms with E-state index in [-0.39, 0.29) is 11.4 Å². The van der Waals surface area contributed by atoms with E-state index >= 15 is 0 Å². The van der Waals surface area contributed by atoms with Gasteiger partial charge in [-0.25, -0.2) is 0 Å². The van der Waals surface area contributed by atoms with E-state index in [1.807, 2.05) is 18.2 Å². The van der Waals surface area contributed by atoms with Crippen molar-refractivity contribution in [2.45, 2.75) is 20.8 Å². The van der Waals surface area contributed by atoms with Gasteiger partial charge in [-0.3, -0.25) is 4.79 Å². The Bertz CT molecular complexity index is 232. The van der Waals surface area contributed by atoms with Crippen LogP contribution < -0.4 is 0 Å². The highest BCUT2D eigenvalue weighted by Crippen LogP contribution is 1.92. The van der Waals surface area contributed by atoms with Crippen LogP contribution in [0.5, 0.6) is 0 Å². The van der Waals surface area contributed by atoms with Gasteiger partial charge in [-0.1, -0.05) is 35.9 Å². The molecule has 0 radical (unpaired) electrons. The van der Waals surface area contributed by atoms with Crippen molar-refractivity contribution in [3.63, 3.8) is 0 Å². The third kappa shape index (κ3) is 10.7. The lowest BCUT2D eigenvalue weighted by Gasteiger charge is -1.89. The van der Waals surface area contributed by atoms with Crippen molar-refractivity contribution < 1.29 is 15.0 Å². The minimum Gasteiger partial charge on any atom is -0.466 e. The smallest absolute Gasteiger partial charge is 0.302 e. The standard InChI is InChI=1S/C7H8.C4H8O2.H2O/c1-7-5-3-2-4-6-7;1-3-6-4(2)5;/h2-6H,1H3;3H2,1-2H3;1H2. The zero-order chi connectivity index (χ0) is 10.1. The topological polar surface area (TPSA) is 57.8 Å². The SMILES string of the molecule is CCOC(C)=O.Cc1ccccc1.O. The molecule has 1 aromatic rings. The van der Waals surface area contributed by atoms with E-state index in [9.17, 15) is 4.79 Å². The van der Waals surface area contributed by atoms with Gasteiger partial charge < -0.3 is 10.2 Å². The van der Waals surface area contributed by atoms with Crippen molar-refractivity contribution >= 4 is 5.97 Å². The van der Waals surface area contributed by atoms with Crippen molar-refractivity contribution in [3.05, 3.63) is 35.9 Å². The second-order valence-corrected chi connectivity index (χ2v) is 2.58. The number of aryl methyl sites for hydroxylation is 1. The minimum absolute atomic E-state index is 0. The third-order valence-corrected chi connectivity index (χ3v) is 1.29. The maximum absolute atomic E-state index is 9.82. The number of hydrogen-bond donors (Lipinski definition) is 0. The van der Waals surface area contributed by atoms with Crippen LogP contribution in [0.4, 0.5) is 0 Å². The van der Waals surface area contributed by atoms with Gasteiger partial charge in [0.05, 0.1) is 6.61 Å². The number of esters is 1. The number of ether oxygens (including phenoxy) is 1. The summed E-state index contributed by atoms with van der Waals surface area (Å²) in [4.78, 5) is 9.82. The molecule has 0 aliphatic carbocycles. The van der Waals surface area contributed by atoms with Crippen LogP contribution >= 0.6 is 0 Å². The molecule has 1 rings (SSSR count). The summed E-state index contributed by atoms with van der Waals surface area (Å²) in [5, 5.41) is 0. The predicted octanol–water partition coefficient (Wildman–Crippen LogP) is 1.74. The van der Waals surface area contributed by atoms with Gasteiger partial charge in [-0.05, 0) is 13.8 Å². The van der Waals surface area contributed by atoms with Crippen molar-refractivity contribution in [2.75, 3.05) is 6.61 Å². The summed E-state index contributed by atoms with van der Waals surface area (Å²) in [6.45, 7) is 5.74. The van der Waals surface area contributed by atoms with Crippen LogP contribution in [0.3, 0.4) is 0 Å². The molecule has 0 aliphatic heterocycles. The molecule has 0 bridgehead atoms. The maximum Gasteiger partial charge on any atom is 0.302 e. The van der Waals surface area contributed by atoms with Gasteiger partial charge in [0, 0.05) is 6.92 Å². The lowest BCUT2D eigenvalue weighted by atomic mass is 10.2. The minimum atomic E-state index is -0.211. The van der Waals surface area contributed by atoms with E-state index in [1.165, 1.54) is 12.5 Å². The summed E-state index contributed by atoms with van der Waals surface area (Å²) in [5.41, 5.74) is 1.32. The fourth-order valence-corrected chi connectivity index (χ4v) is 0.738. The van der Waals surface area contributed by atoms with E-state index in [0.29, 0.717) is 6.61 Å². The molecule has 3 nitrogen and oxygen atoms in total. The summed E-state index contributed by atoms with van der Waals surface area (Å²) in [6, 6.07) is 10.3. The van der Waals surface area contributed by atoms with E-state index in [2.05, 4.69) is 23.8 Å². The van der Waals surface area contributed by atoms with E-state index in [1.54, 1.807) is 6.92 Å². The number of benzene rings is 1. The number of carbonyl (C=O) groups excluding carboxylic acids is 1. The van der Waals surface area contributed by atoms with E-state index in [0.717, 1.165) is 0 Å². The molecular weight excluding hydrogens is 180 g/mol. The number of rotatable bonds is 1. The van der Waals surface area contributed by atoms with Gasteiger partial charge in [0.2, 0.25) is 0 Å². The van der Waals surface area contributed by atoms with Crippen LogP contribution in [0.1, 0.15) is 19.4 Å². The summed E-state index contributed by atoms with van der Waals surface area (Å²) < 4.78 is 4.40. The zero-order valence-electron chi connectivity index (χ0n) is 8.91. The molecule has 0 unspecified atom stereocenters. The molecule has 0 saturated carbocycles. The fraction of sp³-hybridized carbons (Fsp3) is 0.364. The van der Waals surface area contributed by atoms with Crippen LogP contribution in [-0.4, -0.2) is 18.1 Å². The third-order valence-electron chi connectivity index (χ3n) is 1.29. The molecule has 0 atom stereocenters. The van der Waals surface area contributed by atoms with Gasteiger partial charge in [0.25, 0.3) is 0 Å². The molecule has 0 saturated heterocycles. The Morgan fingerprint density at radius 3 is 1.93 bits per heavy atom. The van der Waals surface area contributed by atoms with Crippen LogP contribution in [0.15, 0.2) is 30.3 Å². The van der Waals surface area contributed by atoms with Crippen molar-refractivity contribution in [1.82, 2.24) is 0 Å². The first-order chi connectivity index (χ1) is 6.16. The highest BCUT2D eigenvalue weighted by atomic mass is 16.5. The molecule has 0 amide bonds.